The fourth-order valence-electron chi connectivity index (χ4n) is 12.7. The van der Waals surface area contributed by atoms with Crippen LogP contribution in [-0.2, 0) is 24.7 Å². The number of nitrogens with one attached hydrogen (secondary N) is 2. The first kappa shape index (κ1) is 48.1. The number of benzene rings is 1. The Bertz CT molecular complexity index is 3020. The molecule has 13 rings (SSSR count). The highest BCUT2D eigenvalue weighted by atomic mass is 19.1. The number of anilines is 3. The van der Waals surface area contributed by atoms with E-state index in [9.17, 15) is 19.2 Å². The second-order valence-corrected chi connectivity index (χ2v) is 22.2. The van der Waals surface area contributed by atoms with Crippen molar-refractivity contribution < 1.29 is 37.2 Å². The molecular weight excluding hydrogens is 955 g/mol. The number of ether oxygens (including phenoxy) is 1. The molecule has 4 N–H and O–H groups in total. The molecule has 4 aromatic heterocycles. The molecule has 2 bridgehead atoms. The zero-order chi connectivity index (χ0) is 51.2. The summed E-state index contributed by atoms with van der Waals surface area (Å²) >= 11 is 0. The maximum Gasteiger partial charge on any atom is 0.410 e. The first-order chi connectivity index (χ1) is 35.6. The molecule has 20 nitrogen and oxygen atoms in total. The summed E-state index contributed by atoms with van der Waals surface area (Å²) in [7, 11) is 0. The number of hydrogen-bond donors (Lipinski definition) is 3. The Balaban J connectivity index is 0.614. The van der Waals surface area contributed by atoms with E-state index in [1.165, 1.54) is 18.5 Å². The van der Waals surface area contributed by atoms with Crippen LogP contribution in [-0.4, -0.2) is 144 Å². The minimum Gasteiger partial charge on any atom is -0.439 e. The molecule has 22 heteroatoms. The number of nitrogen functional groups attached to an aromatic ring is 1. The van der Waals surface area contributed by atoms with Crippen molar-refractivity contribution in [3.05, 3.63) is 53.3 Å². The normalized spacial score (nSPS) is 23.9. The number of imide groups is 1. The van der Waals surface area contributed by atoms with E-state index < -0.39 is 29.7 Å². The van der Waals surface area contributed by atoms with Crippen LogP contribution in [0.25, 0.3) is 33.8 Å². The summed E-state index contributed by atoms with van der Waals surface area (Å²) < 4.78 is 44.6. The van der Waals surface area contributed by atoms with E-state index in [0.717, 1.165) is 73.4 Å². The number of carbonyl (C=O) groups is 4. The first-order valence-electron chi connectivity index (χ1n) is 26.3. The average Bonchev–Trinajstić information content (AvgIpc) is 4.01. The van der Waals surface area contributed by atoms with Gasteiger partial charge >= 0.3 is 6.09 Å². The zero-order valence-electron chi connectivity index (χ0n) is 42.0. The Morgan fingerprint density at radius 3 is 2.24 bits per heavy atom. The van der Waals surface area contributed by atoms with E-state index in [-0.39, 0.29) is 71.5 Å². The highest BCUT2D eigenvalue weighted by Gasteiger charge is 2.59. The molecule has 0 radical (unpaired) electrons. The Morgan fingerprint density at radius 1 is 0.892 bits per heavy atom. The minimum absolute atomic E-state index is 0.0403. The molecule has 4 aliphatic carbocycles. The predicted molar refractivity (Wildman–Crippen MR) is 267 cm³/mol. The number of halogens is 2. The van der Waals surface area contributed by atoms with Gasteiger partial charge in [0, 0.05) is 87.8 Å². The van der Waals surface area contributed by atoms with Gasteiger partial charge in [0.25, 0.3) is 5.91 Å². The lowest BCUT2D eigenvalue weighted by atomic mass is 9.50. The number of piperidine rings is 3. The number of piperazine rings is 1. The summed E-state index contributed by atoms with van der Waals surface area (Å²) in [5.74, 6) is 0.428. The van der Waals surface area contributed by atoms with Crippen LogP contribution in [0.1, 0.15) is 113 Å². The van der Waals surface area contributed by atoms with Gasteiger partial charge < -0.3 is 35.0 Å². The summed E-state index contributed by atoms with van der Waals surface area (Å²) in [4.78, 5) is 76.9. The largest absolute Gasteiger partial charge is 0.439 e. The summed E-state index contributed by atoms with van der Waals surface area (Å²) in [6.07, 6.45) is 11.4. The van der Waals surface area contributed by atoms with Crippen LogP contribution in [0.2, 0.25) is 0 Å². The van der Waals surface area contributed by atoms with Gasteiger partial charge in [-0.3, -0.25) is 24.6 Å². The van der Waals surface area contributed by atoms with Crippen LogP contribution >= 0.6 is 0 Å². The van der Waals surface area contributed by atoms with Crippen molar-refractivity contribution in [1.82, 2.24) is 54.9 Å². The quantitative estimate of drug-likeness (QED) is 0.124. The molecular formula is C52H62F2N14O6. The van der Waals surface area contributed by atoms with Gasteiger partial charge in [0.15, 0.2) is 35.5 Å². The highest BCUT2D eigenvalue weighted by molar-refractivity contribution is 6.02. The van der Waals surface area contributed by atoms with Crippen LogP contribution in [0.3, 0.4) is 0 Å². The number of hydrogen-bond acceptors (Lipinski definition) is 16. The van der Waals surface area contributed by atoms with E-state index in [2.05, 4.69) is 44.5 Å². The first-order valence-corrected chi connectivity index (χ1v) is 26.3. The molecule has 8 aliphatic rings. The fraction of sp³-hybridized carbons (Fsp3) is 0.577. The number of aryl methyl sites for hydroxylation is 1. The molecule has 1 aromatic carbocycles. The van der Waals surface area contributed by atoms with Crippen molar-refractivity contribution in [2.45, 2.75) is 120 Å². The third-order valence-corrected chi connectivity index (χ3v) is 17.4. The molecule has 4 saturated carbocycles. The molecule has 1 atom stereocenters. The van der Waals surface area contributed by atoms with Crippen LogP contribution < -0.4 is 21.3 Å². The van der Waals surface area contributed by atoms with Gasteiger partial charge in [-0.15, -0.1) is 0 Å². The minimum atomic E-state index is -0.751. The Labute approximate surface area is 426 Å². The van der Waals surface area contributed by atoms with Gasteiger partial charge in [-0.05, 0) is 120 Å². The number of fused-ring (bicyclic) bond motifs is 1. The number of rotatable bonds is 12. The van der Waals surface area contributed by atoms with Crippen molar-refractivity contribution in [3.8, 4) is 22.8 Å². The molecule has 0 spiro atoms. The lowest BCUT2D eigenvalue weighted by Gasteiger charge is -2.61. The standard InChI is InChI=1S/C52H62F2N14O6/c1-28-34(25-56-47(59-28)40-43(63-74-45(40)31-4-5-31)42-41-46(55)57-27-58-48(41)68(62-42)52-22-29(23-52)24-52)30-8-12-66(13-9-30)50(72)73-26-39(70)64-14-10-32(11-15-64)51(2,3)67-18-16-65(17-19-67)44-35(53)20-33(21-36(44)54)60-37-6-7-38(69)61-49(37)71/h20-21,25,27,29-32,37,60H,4-19,22-24,26H2,1-3H3,(H2,55,57,58)(H,61,69,71). The molecule has 5 aromatic rings. The molecule has 390 valence electrons. The zero-order valence-corrected chi connectivity index (χ0v) is 42.0. The molecule has 4 amide bonds. The second-order valence-electron chi connectivity index (χ2n) is 22.2. The molecule has 4 saturated heterocycles. The van der Waals surface area contributed by atoms with Crippen molar-refractivity contribution in [1.29, 1.82) is 0 Å². The van der Waals surface area contributed by atoms with E-state index in [0.29, 0.717) is 99.3 Å². The Morgan fingerprint density at radius 2 is 1.59 bits per heavy atom. The van der Waals surface area contributed by atoms with Crippen LogP contribution in [0.15, 0.2) is 29.2 Å². The van der Waals surface area contributed by atoms with Crippen LogP contribution in [0.4, 0.5) is 30.8 Å². The number of nitrogens with two attached hydrogens (primary N) is 1. The number of nitrogens with zero attached hydrogens (tertiary/aromatic N) is 11. The molecule has 8 fully saturated rings. The third-order valence-electron chi connectivity index (χ3n) is 17.4. The summed E-state index contributed by atoms with van der Waals surface area (Å²) in [5, 5.41) is 15.5. The number of aromatic nitrogens is 7. The van der Waals surface area contributed by atoms with Crippen molar-refractivity contribution in [3.63, 3.8) is 0 Å². The number of carbonyl (C=O) groups excluding carboxylic acids is 4. The highest BCUT2D eigenvalue weighted by Crippen LogP contribution is 2.63. The Kier molecular flexibility index (Phi) is 12.0. The van der Waals surface area contributed by atoms with Gasteiger partial charge in [0.05, 0.1) is 16.5 Å². The third kappa shape index (κ3) is 8.55. The predicted octanol–water partition coefficient (Wildman–Crippen LogP) is 5.87. The topological polar surface area (TPSA) is 236 Å². The fourth-order valence-corrected chi connectivity index (χ4v) is 12.7. The van der Waals surface area contributed by atoms with Gasteiger partial charge in [0.2, 0.25) is 11.8 Å². The molecule has 74 heavy (non-hydrogen) atoms. The maximum atomic E-state index is 15.4. The monoisotopic (exact) mass is 1020 g/mol. The van der Waals surface area contributed by atoms with E-state index in [1.54, 1.807) is 14.7 Å². The molecule has 1 unspecified atom stereocenters. The van der Waals surface area contributed by atoms with Gasteiger partial charge in [-0.2, -0.15) is 5.10 Å². The number of amides is 4. The van der Waals surface area contributed by atoms with Gasteiger partial charge in [0.1, 0.15) is 35.3 Å². The SMILES string of the molecule is Cc1nc(-c2c(-c3nn(C45CC(C4)C5)c4ncnc(N)c34)noc2C2CC2)ncc1C1CCN(C(=O)OCC(=O)N2CCC(C(C)(C)N3CCN(c4c(F)cc(NC5CCC(=O)NC5=O)cc4F)CC3)CC2)CC1. The van der Waals surface area contributed by atoms with Gasteiger partial charge in [-0.1, -0.05) is 5.16 Å². The number of likely N-dealkylation sites (tertiary alicyclic amines) is 2. The smallest absolute Gasteiger partial charge is 0.410 e. The second kappa shape index (κ2) is 18.5. The Hall–Kier alpha value is -6.84. The maximum absolute atomic E-state index is 15.4. The molecule has 4 aliphatic heterocycles. The summed E-state index contributed by atoms with van der Waals surface area (Å²) in [5.41, 5.74) is 10.7. The van der Waals surface area contributed by atoms with Crippen molar-refractivity contribution >= 4 is 52.0 Å². The summed E-state index contributed by atoms with van der Waals surface area (Å²) in [6, 6.07) is 1.64. The van der Waals surface area contributed by atoms with E-state index in [1.807, 2.05) is 17.8 Å². The van der Waals surface area contributed by atoms with Gasteiger partial charge in [-0.25, -0.2) is 38.2 Å². The lowest BCUT2D eigenvalue weighted by Crippen LogP contribution is -2.59. The van der Waals surface area contributed by atoms with Crippen molar-refractivity contribution in [2.24, 2.45) is 11.8 Å². The lowest BCUT2D eigenvalue weighted by molar-refractivity contribution is -0.137. The van der Waals surface area contributed by atoms with E-state index in [4.69, 9.17) is 30.1 Å². The average molecular weight is 1020 g/mol. The van der Waals surface area contributed by atoms with Crippen LogP contribution in [0.5, 0.6) is 0 Å². The van der Waals surface area contributed by atoms with Crippen molar-refractivity contribution in [2.75, 3.05) is 74.9 Å². The van der Waals surface area contributed by atoms with E-state index >= 15 is 8.78 Å². The van der Waals surface area contributed by atoms with Crippen LogP contribution in [0, 0.1) is 30.4 Å². The summed E-state index contributed by atoms with van der Waals surface area (Å²) in [6.45, 7) is 10.1. The molecule has 8 heterocycles.